The van der Waals surface area contributed by atoms with Crippen molar-refractivity contribution in [2.24, 2.45) is 0 Å². The van der Waals surface area contributed by atoms with Gasteiger partial charge in [-0.15, -0.1) is 0 Å². The molecular formula is C18H19ClN2O3. The van der Waals surface area contributed by atoms with Gasteiger partial charge in [-0.25, -0.2) is 4.98 Å². The van der Waals surface area contributed by atoms with Crippen LogP contribution in [0.5, 0.6) is 11.5 Å². The lowest BCUT2D eigenvalue weighted by Crippen LogP contribution is -2.14. The molecule has 0 aliphatic heterocycles. The number of ether oxygens (including phenoxy) is 2. The molecule has 1 aromatic heterocycles. The molecule has 0 aliphatic rings. The fourth-order valence-corrected chi connectivity index (χ4v) is 2.44. The third kappa shape index (κ3) is 4.06. The Morgan fingerprint density at radius 1 is 1.17 bits per heavy atom. The maximum Gasteiger partial charge on any atom is 0.213 e. The first-order valence-electron chi connectivity index (χ1n) is 7.24. The van der Waals surface area contributed by atoms with Gasteiger partial charge in [0.05, 0.1) is 19.9 Å². The van der Waals surface area contributed by atoms with E-state index >= 15 is 0 Å². The van der Waals surface area contributed by atoms with Crippen molar-refractivity contribution in [3.05, 3.63) is 52.3 Å². The van der Waals surface area contributed by atoms with E-state index < -0.39 is 0 Å². The van der Waals surface area contributed by atoms with Crippen LogP contribution >= 0.6 is 11.6 Å². The molecule has 126 valence electrons. The van der Waals surface area contributed by atoms with Crippen LogP contribution in [0.2, 0.25) is 5.15 Å². The summed E-state index contributed by atoms with van der Waals surface area (Å²) < 4.78 is 10.6. The highest BCUT2D eigenvalue weighted by Crippen LogP contribution is 2.30. The zero-order valence-electron chi connectivity index (χ0n) is 14.0. The van der Waals surface area contributed by atoms with Crippen LogP contribution in [-0.2, 0) is 4.79 Å². The minimum atomic E-state index is 0.429. The summed E-state index contributed by atoms with van der Waals surface area (Å²) in [6.07, 6.45) is 4.30. The minimum Gasteiger partial charge on any atom is -0.497 e. The summed E-state index contributed by atoms with van der Waals surface area (Å²) in [4.78, 5) is 16.9. The number of carbonyl (C=O) groups excluding carboxylic acids is 1. The molecule has 5 nitrogen and oxygen atoms in total. The number of amides is 1. The molecule has 24 heavy (non-hydrogen) atoms. The first kappa shape index (κ1) is 17.8. The number of hydrogen-bond acceptors (Lipinski definition) is 4. The number of carbonyl (C=O) groups is 1. The Morgan fingerprint density at radius 3 is 2.29 bits per heavy atom. The highest BCUT2D eigenvalue weighted by Gasteiger charge is 2.12. The van der Waals surface area contributed by atoms with Crippen LogP contribution in [0.25, 0.3) is 11.8 Å². The van der Waals surface area contributed by atoms with Crippen molar-refractivity contribution < 1.29 is 14.3 Å². The molecule has 0 saturated carbocycles. The molecule has 0 fully saturated rings. The second-order valence-electron chi connectivity index (χ2n) is 5.21. The molecule has 0 atom stereocenters. The molecule has 6 heteroatoms. The van der Waals surface area contributed by atoms with Crippen LogP contribution in [0.1, 0.15) is 16.7 Å². The van der Waals surface area contributed by atoms with E-state index in [-0.39, 0.29) is 0 Å². The van der Waals surface area contributed by atoms with Crippen molar-refractivity contribution in [2.45, 2.75) is 6.92 Å². The summed E-state index contributed by atoms with van der Waals surface area (Å²) in [5.41, 5.74) is 3.30. The van der Waals surface area contributed by atoms with Gasteiger partial charge in [-0.1, -0.05) is 11.6 Å². The summed E-state index contributed by atoms with van der Waals surface area (Å²) in [5, 5.41) is 0.429. The zero-order valence-corrected chi connectivity index (χ0v) is 14.8. The maximum atomic E-state index is 11.3. The predicted octanol–water partition coefficient (Wildman–Crippen LogP) is 3.65. The monoisotopic (exact) mass is 346 g/mol. The third-order valence-electron chi connectivity index (χ3n) is 3.60. The van der Waals surface area contributed by atoms with Crippen molar-refractivity contribution in [1.82, 2.24) is 9.88 Å². The highest BCUT2D eigenvalue weighted by atomic mass is 35.5. The summed E-state index contributed by atoms with van der Waals surface area (Å²) in [6.45, 7) is 1.93. The highest BCUT2D eigenvalue weighted by molar-refractivity contribution is 6.29. The van der Waals surface area contributed by atoms with Crippen LogP contribution in [0.15, 0.2) is 30.5 Å². The predicted molar refractivity (Wildman–Crippen MR) is 95.2 cm³/mol. The van der Waals surface area contributed by atoms with Crippen LogP contribution in [0, 0.1) is 6.92 Å². The first-order chi connectivity index (χ1) is 11.5. The van der Waals surface area contributed by atoms with Crippen molar-refractivity contribution >= 4 is 29.8 Å². The van der Waals surface area contributed by atoms with Gasteiger partial charge in [-0.05, 0) is 42.3 Å². The third-order valence-corrected chi connectivity index (χ3v) is 3.80. The number of methoxy groups -OCH3 is 2. The Hall–Kier alpha value is -2.53. The average Bonchev–Trinajstić information content (AvgIpc) is 2.59. The quantitative estimate of drug-likeness (QED) is 0.592. The number of benzene rings is 1. The Morgan fingerprint density at radius 2 is 1.79 bits per heavy atom. The molecule has 2 rings (SSSR count). The van der Waals surface area contributed by atoms with Gasteiger partial charge in [-0.2, -0.15) is 0 Å². The molecule has 0 saturated heterocycles. The van der Waals surface area contributed by atoms with E-state index in [1.807, 2.05) is 25.1 Å². The number of aryl methyl sites for hydroxylation is 1. The summed E-state index contributed by atoms with van der Waals surface area (Å²) in [7, 11) is 4.85. The fraction of sp³-hybridized carbons (Fsp3) is 0.222. The minimum absolute atomic E-state index is 0.429. The molecule has 0 aliphatic carbocycles. The number of hydrogen-bond donors (Lipinski definition) is 0. The van der Waals surface area contributed by atoms with Crippen LogP contribution in [0.3, 0.4) is 0 Å². The smallest absolute Gasteiger partial charge is 0.213 e. The van der Waals surface area contributed by atoms with Gasteiger partial charge in [0.15, 0.2) is 0 Å². The Labute approximate surface area is 146 Å². The Kier molecular flexibility index (Phi) is 5.82. The van der Waals surface area contributed by atoms with Gasteiger partial charge >= 0.3 is 0 Å². The topological polar surface area (TPSA) is 51.7 Å². The van der Waals surface area contributed by atoms with Crippen molar-refractivity contribution in [3.63, 3.8) is 0 Å². The molecule has 1 amide bonds. The molecule has 1 heterocycles. The molecule has 0 bridgehead atoms. The summed E-state index contributed by atoms with van der Waals surface area (Å²) in [5.74, 6) is 1.28. The molecule has 2 aromatic rings. The number of nitrogens with zero attached hydrogens (tertiary/aromatic N) is 2. The summed E-state index contributed by atoms with van der Waals surface area (Å²) in [6, 6.07) is 7.23. The van der Waals surface area contributed by atoms with Gasteiger partial charge in [0.25, 0.3) is 0 Å². The van der Waals surface area contributed by atoms with Gasteiger partial charge in [0.1, 0.15) is 16.7 Å². The van der Waals surface area contributed by atoms with E-state index in [0.29, 0.717) is 22.3 Å². The van der Waals surface area contributed by atoms with Gasteiger partial charge < -0.3 is 14.4 Å². The second kappa shape index (κ2) is 7.84. The standard InChI is InChI=1S/C18H19ClN2O3/c1-12-5-18(19)20-10-14(12)8-17(21(2)11-22)13-6-15(23-3)9-16(7-13)24-4/h5-11H,1-4H3/b17-8-. The van der Waals surface area contributed by atoms with Crippen LogP contribution in [-0.4, -0.2) is 37.6 Å². The van der Waals surface area contributed by atoms with Crippen molar-refractivity contribution in [1.29, 1.82) is 0 Å². The van der Waals surface area contributed by atoms with Gasteiger partial charge in [0.2, 0.25) is 6.41 Å². The van der Waals surface area contributed by atoms with Gasteiger partial charge in [-0.3, -0.25) is 4.79 Å². The number of halogens is 1. The fourth-order valence-electron chi connectivity index (χ4n) is 2.23. The van der Waals surface area contributed by atoms with E-state index in [0.717, 1.165) is 23.1 Å². The largest absolute Gasteiger partial charge is 0.497 e. The molecule has 1 aromatic carbocycles. The van der Waals surface area contributed by atoms with E-state index in [4.69, 9.17) is 21.1 Å². The number of rotatable bonds is 6. The van der Waals surface area contributed by atoms with Crippen LogP contribution < -0.4 is 9.47 Å². The first-order valence-corrected chi connectivity index (χ1v) is 7.61. The normalized spacial score (nSPS) is 11.1. The van der Waals surface area contributed by atoms with E-state index in [9.17, 15) is 4.79 Å². The lowest BCUT2D eigenvalue weighted by atomic mass is 10.1. The van der Waals surface area contributed by atoms with E-state index in [1.165, 1.54) is 4.90 Å². The number of aromatic nitrogens is 1. The zero-order chi connectivity index (χ0) is 17.7. The van der Waals surface area contributed by atoms with E-state index in [2.05, 4.69) is 4.98 Å². The van der Waals surface area contributed by atoms with Gasteiger partial charge in [0, 0.05) is 24.9 Å². The Bertz CT molecular complexity index is 753. The average molecular weight is 347 g/mol. The molecule has 0 N–H and O–H groups in total. The lowest BCUT2D eigenvalue weighted by molar-refractivity contribution is -0.114. The molecular weight excluding hydrogens is 328 g/mol. The maximum absolute atomic E-state index is 11.3. The summed E-state index contributed by atoms with van der Waals surface area (Å²) >= 11 is 5.91. The van der Waals surface area contributed by atoms with Crippen molar-refractivity contribution in [3.8, 4) is 11.5 Å². The second-order valence-corrected chi connectivity index (χ2v) is 5.60. The lowest BCUT2D eigenvalue weighted by Gasteiger charge is -2.18. The van der Waals surface area contributed by atoms with Crippen molar-refractivity contribution in [2.75, 3.05) is 21.3 Å². The molecule has 0 spiro atoms. The SMILES string of the molecule is COc1cc(OC)cc(/C(=C/c2cnc(Cl)cc2C)N(C)C=O)c1. The Balaban J connectivity index is 2.61. The number of pyridine rings is 1. The molecule has 0 radical (unpaired) electrons. The molecule has 0 unspecified atom stereocenters. The van der Waals surface area contributed by atoms with Crippen LogP contribution in [0.4, 0.5) is 0 Å². The van der Waals surface area contributed by atoms with E-state index in [1.54, 1.807) is 39.6 Å².